The Hall–Kier alpha value is 0.137. The first-order valence-corrected chi connectivity index (χ1v) is 8.99. The molecule has 0 saturated heterocycles. The zero-order valence-electron chi connectivity index (χ0n) is 10.8. The average molecular weight is 230 g/mol. The molecule has 0 aromatic rings. The Kier molecular flexibility index (Phi) is 4.01. The first-order valence-electron chi connectivity index (χ1n) is 6.08. The molecule has 1 aliphatic carbocycles. The van der Waals surface area contributed by atoms with Gasteiger partial charge in [0.05, 0.1) is 6.10 Å². The van der Waals surface area contributed by atoms with Crippen molar-refractivity contribution in [3.8, 4) is 0 Å². The van der Waals surface area contributed by atoms with E-state index in [1.807, 2.05) is 0 Å². The van der Waals surface area contributed by atoms with E-state index in [-0.39, 0.29) is 11.1 Å². The van der Waals surface area contributed by atoms with Gasteiger partial charge >= 0.3 is 0 Å². The van der Waals surface area contributed by atoms with Gasteiger partial charge in [-0.1, -0.05) is 20.8 Å². The summed E-state index contributed by atoms with van der Waals surface area (Å²) in [6.45, 7) is 11.4. The number of rotatable bonds is 2. The van der Waals surface area contributed by atoms with Gasteiger partial charge in [0.2, 0.25) is 0 Å². The molecule has 0 aromatic heterocycles. The minimum Gasteiger partial charge on any atom is -0.414 e. The summed E-state index contributed by atoms with van der Waals surface area (Å²) < 4.78 is 6.29. The van der Waals surface area contributed by atoms with Crippen LogP contribution < -0.4 is 0 Å². The van der Waals surface area contributed by atoms with Gasteiger partial charge in [0.1, 0.15) is 0 Å². The molecule has 1 aliphatic rings. The molecule has 1 rings (SSSR count). The Morgan fingerprint density at radius 2 is 1.80 bits per heavy atom. The monoisotopic (exact) mass is 230 g/mol. The first-order chi connectivity index (χ1) is 6.72. The maximum absolute atomic E-state index is 9.61. The Balaban J connectivity index is 2.53. The molecule has 0 spiro atoms. The molecule has 90 valence electrons. The maximum atomic E-state index is 9.61. The molecule has 1 N–H and O–H groups in total. The summed E-state index contributed by atoms with van der Waals surface area (Å²) in [6.07, 6.45) is 4.21. The van der Waals surface area contributed by atoms with Crippen molar-refractivity contribution in [2.75, 3.05) is 0 Å². The summed E-state index contributed by atoms with van der Waals surface area (Å²) in [5.74, 6) is 0. The molecule has 0 aromatic carbocycles. The lowest BCUT2D eigenvalue weighted by atomic mass is 9.95. The van der Waals surface area contributed by atoms with Crippen LogP contribution in [0.2, 0.25) is 18.1 Å². The van der Waals surface area contributed by atoms with E-state index in [4.69, 9.17) is 4.43 Å². The van der Waals surface area contributed by atoms with E-state index in [9.17, 15) is 5.11 Å². The van der Waals surface area contributed by atoms with Crippen molar-refractivity contribution in [1.82, 2.24) is 0 Å². The van der Waals surface area contributed by atoms with Crippen molar-refractivity contribution in [1.29, 1.82) is 0 Å². The van der Waals surface area contributed by atoms with E-state index in [0.29, 0.717) is 6.10 Å². The fraction of sp³-hybridized carbons (Fsp3) is 1.00. The Morgan fingerprint density at radius 1 is 1.20 bits per heavy atom. The quantitative estimate of drug-likeness (QED) is 0.738. The van der Waals surface area contributed by atoms with Gasteiger partial charge < -0.3 is 9.53 Å². The maximum Gasteiger partial charge on any atom is 0.192 e. The highest BCUT2D eigenvalue weighted by Gasteiger charge is 2.39. The molecule has 0 amide bonds. The van der Waals surface area contributed by atoms with Crippen molar-refractivity contribution in [2.45, 2.75) is 76.8 Å². The third kappa shape index (κ3) is 3.57. The topological polar surface area (TPSA) is 29.5 Å². The zero-order chi connectivity index (χ0) is 11.7. The van der Waals surface area contributed by atoms with Gasteiger partial charge in [-0.25, -0.2) is 0 Å². The van der Waals surface area contributed by atoms with Crippen LogP contribution in [0.15, 0.2) is 0 Å². The molecule has 0 unspecified atom stereocenters. The molecule has 0 heterocycles. The van der Waals surface area contributed by atoms with Gasteiger partial charge in [-0.05, 0) is 43.8 Å². The zero-order valence-corrected chi connectivity index (χ0v) is 11.8. The fourth-order valence-corrected chi connectivity index (χ4v) is 3.22. The van der Waals surface area contributed by atoms with Crippen LogP contribution in [-0.4, -0.2) is 25.6 Å². The van der Waals surface area contributed by atoms with Crippen molar-refractivity contribution >= 4 is 8.32 Å². The lowest BCUT2D eigenvalue weighted by Gasteiger charge is -2.41. The lowest BCUT2D eigenvalue weighted by molar-refractivity contribution is 0.0465. The Bertz CT molecular complexity index is 208. The highest BCUT2D eigenvalue weighted by Crippen LogP contribution is 2.39. The molecule has 15 heavy (non-hydrogen) atoms. The van der Waals surface area contributed by atoms with Gasteiger partial charge in [-0.2, -0.15) is 0 Å². The highest BCUT2D eigenvalue weighted by molar-refractivity contribution is 6.74. The van der Waals surface area contributed by atoms with Crippen molar-refractivity contribution in [3.63, 3.8) is 0 Å². The number of hydrogen-bond acceptors (Lipinski definition) is 2. The first kappa shape index (κ1) is 13.2. The van der Waals surface area contributed by atoms with E-state index in [1.54, 1.807) is 0 Å². The second-order valence-corrected chi connectivity index (χ2v) is 11.1. The third-order valence-corrected chi connectivity index (χ3v) is 8.40. The number of aliphatic hydroxyl groups is 1. The fourth-order valence-electron chi connectivity index (χ4n) is 1.82. The predicted molar refractivity (Wildman–Crippen MR) is 66.5 cm³/mol. The van der Waals surface area contributed by atoms with Gasteiger partial charge in [0.15, 0.2) is 8.32 Å². The second kappa shape index (κ2) is 4.56. The third-order valence-electron chi connectivity index (χ3n) is 3.87. The van der Waals surface area contributed by atoms with Crippen molar-refractivity contribution in [2.24, 2.45) is 0 Å². The molecule has 3 heteroatoms. The largest absolute Gasteiger partial charge is 0.414 e. The van der Waals surface area contributed by atoms with E-state index in [2.05, 4.69) is 33.9 Å². The minimum absolute atomic E-state index is 0.131. The summed E-state index contributed by atoms with van der Waals surface area (Å²) >= 11 is 0. The lowest BCUT2D eigenvalue weighted by Crippen LogP contribution is -2.45. The Morgan fingerprint density at radius 3 is 2.27 bits per heavy atom. The van der Waals surface area contributed by atoms with Crippen molar-refractivity contribution < 1.29 is 9.53 Å². The molecule has 1 fully saturated rings. The highest BCUT2D eigenvalue weighted by atomic mass is 28.4. The van der Waals surface area contributed by atoms with Gasteiger partial charge in [0.25, 0.3) is 0 Å². The molecule has 2 nitrogen and oxygen atoms in total. The van der Waals surface area contributed by atoms with Crippen LogP contribution in [-0.2, 0) is 4.43 Å². The summed E-state index contributed by atoms with van der Waals surface area (Å²) in [4.78, 5) is 0. The van der Waals surface area contributed by atoms with Crippen molar-refractivity contribution in [3.05, 3.63) is 0 Å². The van der Waals surface area contributed by atoms with Gasteiger partial charge in [-0.15, -0.1) is 0 Å². The van der Waals surface area contributed by atoms with Gasteiger partial charge in [0, 0.05) is 6.10 Å². The van der Waals surface area contributed by atoms with Crippen LogP contribution in [0.3, 0.4) is 0 Å². The smallest absolute Gasteiger partial charge is 0.192 e. The van der Waals surface area contributed by atoms with E-state index < -0.39 is 8.32 Å². The average Bonchev–Trinajstić information content (AvgIpc) is 2.00. The summed E-state index contributed by atoms with van der Waals surface area (Å²) in [5.41, 5.74) is 0. The SMILES string of the molecule is CC(C)(C)[Si](C)(C)O[C@@H]1CCC[C@@H](O)C1. The molecular weight excluding hydrogens is 204 g/mol. The van der Waals surface area contributed by atoms with E-state index in [1.165, 1.54) is 0 Å². The van der Waals surface area contributed by atoms with E-state index in [0.717, 1.165) is 25.7 Å². The van der Waals surface area contributed by atoms with Crippen LogP contribution in [0.1, 0.15) is 46.5 Å². The number of hydrogen-bond donors (Lipinski definition) is 1. The van der Waals surface area contributed by atoms with E-state index >= 15 is 0 Å². The van der Waals surface area contributed by atoms with Gasteiger partial charge in [-0.3, -0.25) is 0 Å². The molecule has 1 saturated carbocycles. The molecule has 2 atom stereocenters. The predicted octanol–water partition coefficient (Wildman–Crippen LogP) is 3.31. The standard InChI is InChI=1S/C12H26O2Si/c1-12(2,3)15(4,5)14-11-8-6-7-10(13)9-11/h10-11,13H,6-9H2,1-5H3/t10-,11-/m1/s1. The molecule has 0 bridgehead atoms. The summed E-state index contributed by atoms with van der Waals surface area (Å²) in [5, 5.41) is 9.89. The molecule has 0 radical (unpaired) electrons. The molecular formula is C12H26O2Si. The van der Waals surface area contributed by atoms with Crippen LogP contribution in [0.25, 0.3) is 0 Å². The minimum atomic E-state index is -1.63. The summed E-state index contributed by atoms with van der Waals surface area (Å²) in [6, 6.07) is 0. The normalized spacial score (nSPS) is 29.2. The van der Waals surface area contributed by atoms with Crippen LogP contribution in [0.4, 0.5) is 0 Å². The van der Waals surface area contributed by atoms with Crippen LogP contribution in [0.5, 0.6) is 0 Å². The number of aliphatic hydroxyl groups excluding tert-OH is 1. The second-order valence-electron chi connectivity index (χ2n) is 6.32. The summed E-state index contributed by atoms with van der Waals surface area (Å²) in [7, 11) is -1.63. The molecule has 0 aliphatic heterocycles. The van der Waals surface area contributed by atoms with Crippen LogP contribution in [0, 0.1) is 0 Å². The Labute approximate surface area is 95.2 Å². The van der Waals surface area contributed by atoms with Crippen LogP contribution >= 0.6 is 0 Å².